The van der Waals surface area contributed by atoms with Crippen LogP contribution >= 0.6 is 23.2 Å². The van der Waals surface area contributed by atoms with Crippen molar-refractivity contribution < 1.29 is 0 Å². The van der Waals surface area contributed by atoms with Crippen molar-refractivity contribution in [3.8, 4) is 0 Å². The van der Waals surface area contributed by atoms with Crippen LogP contribution in [0.1, 0.15) is 30.0 Å². The smallest absolute Gasteiger partial charge is 0.0637 e. The Hall–Kier alpha value is -1.02. The summed E-state index contributed by atoms with van der Waals surface area (Å²) in [6.07, 6.45) is 2.60. The van der Waals surface area contributed by atoms with E-state index in [0.29, 0.717) is 16.1 Å². The quantitative estimate of drug-likeness (QED) is 0.797. The average molecular weight is 306 g/mol. The zero-order valence-electron chi connectivity index (χ0n) is 11.2. The summed E-state index contributed by atoms with van der Waals surface area (Å²) >= 11 is 12.3. The molecule has 1 fully saturated rings. The molecule has 0 amide bonds. The van der Waals surface area contributed by atoms with Crippen LogP contribution in [0.4, 0.5) is 0 Å². The SMILES string of the molecule is Clc1cccc(CNC(c2ccccc2)C2CC2)c1Cl. The van der Waals surface area contributed by atoms with Gasteiger partial charge < -0.3 is 5.32 Å². The van der Waals surface area contributed by atoms with E-state index in [4.69, 9.17) is 23.2 Å². The summed E-state index contributed by atoms with van der Waals surface area (Å²) < 4.78 is 0. The number of nitrogens with one attached hydrogen (secondary N) is 1. The minimum atomic E-state index is 0.409. The summed E-state index contributed by atoms with van der Waals surface area (Å²) in [4.78, 5) is 0. The third kappa shape index (κ3) is 3.17. The van der Waals surface area contributed by atoms with E-state index < -0.39 is 0 Å². The van der Waals surface area contributed by atoms with Crippen LogP contribution in [0.15, 0.2) is 48.5 Å². The maximum atomic E-state index is 6.25. The minimum Gasteiger partial charge on any atom is -0.306 e. The first-order valence-corrected chi connectivity index (χ1v) is 7.72. The Labute approximate surface area is 129 Å². The van der Waals surface area contributed by atoms with Gasteiger partial charge in [0.15, 0.2) is 0 Å². The number of hydrogen-bond donors (Lipinski definition) is 1. The molecule has 1 saturated carbocycles. The van der Waals surface area contributed by atoms with E-state index in [-0.39, 0.29) is 0 Å². The molecule has 0 aliphatic heterocycles. The van der Waals surface area contributed by atoms with Crippen LogP contribution < -0.4 is 5.32 Å². The Morgan fingerprint density at radius 2 is 1.75 bits per heavy atom. The molecule has 1 atom stereocenters. The lowest BCUT2D eigenvalue weighted by molar-refractivity contribution is 0.480. The van der Waals surface area contributed by atoms with E-state index in [0.717, 1.165) is 18.0 Å². The van der Waals surface area contributed by atoms with E-state index in [1.165, 1.54) is 18.4 Å². The topological polar surface area (TPSA) is 12.0 Å². The van der Waals surface area contributed by atoms with Gasteiger partial charge in [0, 0.05) is 12.6 Å². The van der Waals surface area contributed by atoms with Crippen LogP contribution in [0.3, 0.4) is 0 Å². The Bertz CT molecular complexity index is 579. The van der Waals surface area contributed by atoms with Crippen molar-refractivity contribution in [1.29, 1.82) is 0 Å². The molecule has 2 aromatic rings. The fourth-order valence-electron chi connectivity index (χ4n) is 2.55. The van der Waals surface area contributed by atoms with Crippen molar-refractivity contribution in [3.05, 3.63) is 69.7 Å². The fraction of sp³-hybridized carbons (Fsp3) is 0.294. The Kier molecular flexibility index (Phi) is 4.30. The molecular formula is C17H17Cl2N. The van der Waals surface area contributed by atoms with E-state index >= 15 is 0 Å². The maximum Gasteiger partial charge on any atom is 0.0637 e. The second-order valence-corrected chi connectivity index (χ2v) is 6.10. The van der Waals surface area contributed by atoms with E-state index in [9.17, 15) is 0 Å². The highest BCUT2D eigenvalue weighted by molar-refractivity contribution is 6.42. The number of hydrogen-bond acceptors (Lipinski definition) is 1. The van der Waals surface area contributed by atoms with Gasteiger partial charge in [-0.3, -0.25) is 0 Å². The summed E-state index contributed by atoms with van der Waals surface area (Å²) in [5, 5.41) is 4.92. The number of halogens is 2. The van der Waals surface area contributed by atoms with Crippen LogP contribution in [0.5, 0.6) is 0 Å². The van der Waals surface area contributed by atoms with Crippen LogP contribution in [0.2, 0.25) is 10.0 Å². The molecule has 0 heterocycles. The molecule has 104 valence electrons. The van der Waals surface area contributed by atoms with E-state index in [1.807, 2.05) is 18.2 Å². The molecule has 0 saturated heterocycles. The van der Waals surface area contributed by atoms with E-state index in [2.05, 4.69) is 35.6 Å². The molecule has 0 radical (unpaired) electrons. The molecular weight excluding hydrogens is 289 g/mol. The zero-order chi connectivity index (χ0) is 13.9. The minimum absolute atomic E-state index is 0.409. The lowest BCUT2D eigenvalue weighted by Gasteiger charge is -2.19. The molecule has 1 nitrogen and oxygen atoms in total. The van der Waals surface area contributed by atoms with Crippen LogP contribution in [0.25, 0.3) is 0 Å². The second-order valence-electron chi connectivity index (χ2n) is 5.32. The van der Waals surface area contributed by atoms with Gasteiger partial charge in [-0.05, 0) is 36.0 Å². The lowest BCUT2D eigenvalue weighted by atomic mass is 10.0. The normalized spacial score (nSPS) is 16.1. The van der Waals surface area contributed by atoms with Gasteiger partial charge in [0.1, 0.15) is 0 Å². The highest BCUT2D eigenvalue weighted by atomic mass is 35.5. The highest BCUT2D eigenvalue weighted by Gasteiger charge is 2.31. The molecule has 1 N–H and O–H groups in total. The molecule has 1 aliphatic carbocycles. The molecule has 3 rings (SSSR count). The molecule has 0 aromatic heterocycles. The van der Waals surface area contributed by atoms with Gasteiger partial charge in [0.25, 0.3) is 0 Å². The number of benzene rings is 2. The van der Waals surface area contributed by atoms with Crippen molar-refractivity contribution >= 4 is 23.2 Å². The summed E-state index contributed by atoms with van der Waals surface area (Å²) in [6.45, 7) is 0.745. The highest BCUT2D eigenvalue weighted by Crippen LogP contribution is 2.41. The van der Waals surface area contributed by atoms with Crippen molar-refractivity contribution in [2.45, 2.75) is 25.4 Å². The number of rotatable bonds is 5. The standard InChI is InChI=1S/C17H17Cl2N/c18-15-8-4-7-14(16(15)19)11-20-17(13-9-10-13)12-5-2-1-3-6-12/h1-8,13,17,20H,9-11H2. The maximum absolute atomic E-state index is 6.25. The summed E-state index contributed by atoms with van der Waals surface area (Å²) in [6, 6.07) is 16.8. The molecule has 0 spiro atoms. The Morgan fingerprint density at radius 1 is 1.00 bits per heavy atom. The van der Waals surface area contributed by atoms with Crippen molar-refractivity contribution in [3.63, 3.8) is 0 Å². The summed E-state index contributed by atoms with van der Waals surface area (Å²) in [5.41, 5.74) is 2.41. The molecule has 1 aliphatic rings. The Morgan fingerprint density at radius 3 is 2.45 bits per heavy atom. The molecule has 2 aromatic carbocycles. The van der Waals surface area contributed by atoms with Crippen LogP contribution in [-0.4, -0.2) is 0 Å². The van der Waals surface area contributed by atoms with E-state index in [1.54, 1.807) is 0 Å². The third-order valence-corrected chi connectivity index (χ3v) is 4.65. The van der Waals surface area contributed by atoms with Gasteiger partial charge >= 0.3 is 0 Å². The fourth-order valence-corrected chi connectivity index (χ4v) is 2.94. The summed E-state index contributed by atoms with van der Waals surface area (Å²) in [5.74, 6) is 0.746. The monoisotopic (exact) mass is 305 g/mol. The second kappa shape index (κ2) is 6.17. The molecule has 3 heteroatoms. The van der Waals surface area contributed by atoms with Crippen molar-refractivity contribution in [2.24, 2.45) is 5.92 Å². The van der Waals surface area contributed by atoms with Crippen molar-refractivity contribution in [2.75, 3.05) is 0 Å². The van der Waals surface area contributed by atoms with Crippen LogP contribution in [0, 0.1) is 5.92 Å². The molecule has 0 bridgehead atoms. The van der Waals surface area contributed by atoms with Crippen molar-refractivity contribution in [1.82, 2.24) is 5.32 Å². The largest absolute Gasteiger partial charge is 0.306 e. The third-order valence-electron chi connectivity index (χ3n) is 3.80. The van der Waals surface area contributed by atoms with Gasteiger partial charge in [-0.15, -0.1) is 0 Å². The van der Waals surface area contributed by atoms with Crippen LogP contribution in [-0.2, 0) is 6.54 Å². The lowest BCUT2D eigenvalue weighted by Crippen LogP contribution is -2.22. The first-order valence-electron chi connectivity index (χ1n) is 6.97. The van der Waals surface area contributed by atoms with Gasteiger partial charge in [-0.1, -0.05) is 65.7 Å². The predicted octanol–water partition coefficient (Wildman–Crippen LogP) is 5.23. The predicted molar refractivity (Wildman–Crippen MR) is 85.2 cm³/mol. The summed E-state index contributed by atoms with van der Waals surface area (Å²) in [7, 11) is 0. The zero-order valence-corrected chi connectivity index (χ0v) is 12.7. The van der Waals surface area contributed by atoms with Gasteiger partial charge in [-0.2, -0.15) is 0 Å². The Balaban J connectivity index is 1.73. The van der Waals surface area contributed by atoms with Gasteiger partial charge in [0.05, 0.1) is 10.0 Å². The first kappa shape index (κ1) is 13.9. The van der Waals surface area contributed by atoms with Gasteiger partial charge in [-0.25, -0.2) is 0 Å². The molecule has 1 unspecified atom stereocenters. The average Bonchev–Trinajstić information content (AvgIpc) is 3.29. The van der Waals surface area contributed by atoms with Gasteiger partial charge in [0.2, 0.25) is 0 Å². The first-order chi connectivity index (χ1) is 9.75. The molecule has 20 heavy (non-hydrogen) atoms.